The van der Waals surface area contributed by atoms with Gasteiger partial charge in [-0.3, -0.25) is 4.79 Å². The molecule has 0 saturated carbocycles. The van der Waals surface area contributed by atoms with Gasteiger partial charge < -0.3 is 9.84 Å². The first-order chi connectivity index (χ1) is 10.2. The molecule has 0 heterocycles. The second-order valence-electron chi connectivity index (χ2n) is 6.06. The van der Waals surface area contributed by atoms with Crippen molar-refractivity contribution in [3.8, 4) is 0 Å². The lowest BCUT2D eigenvalue weighted by Gasteiger charge is -2.15. The number of hydrogen-bond acceptors (Lipinski definition) is 2. The molecule has 0 bridgehead atoms. The van der Waals surface area contributed by atoms with Crippen LogP contribution in [0.25, 0.3) is 0 Å². The normalized spacial score (nSPS) is 12.5. The van der Waals surface area contributed by atoms with Crippen LogP contribution in [0.3, 0.4) is 0 Å². The standard InChI is InChI=1S/C18H36O3/c1-3-5-7-8-9-10-11-12-13-14-17(16-18(19)20)21-15-6-4-2/h17H,3-16H2,1-2H3,(H,19,20)/t17-/m1/s1. The summed E-state index contributed by atoms with van der Waals surface area (Å²) in [6.45, 7) is 5.07. The summed E-state index contributed by atoms with van der Waals surface area (Å²) in [5.41, 5.74) is 0. The number of hydrogen-bond donors (Lipinski definition) is 1. The predicted molar refractivity (Wildman–Crippen MR) is 88.7 cm³/mol. The Kier molecular flexibility index (Phi) is 15.4. The summed E-state index contributed by atoms with van der Waals surface area (Å²) in [4.78, 5) is 10.8. The topological polar surface area (TPSA) is 46.5 Å². The van der Waals surface area contributed by atoms with Crippen LogP contribution in [0.1, 0.15) is 97.3 Å². The monoisotopic (exact) mass is 300 g/mol. The molecule has 0 aromatic rings. The first-order valence-corrected chi connectivity index (χ1v) is 9.04. The van der Waals surface area contributed by atoms with Gasteiger partial charge in [-0.15, -0.1) is 0 Å². The van der Waals surface area contributed by atoms with Crippen LogP contribution in [0, 0.1) is 0 Å². The molecule has 1 atom stereocenters. The number of carboxylic acids is 1. The maximum Gasteiger partial charge on any atom is 0.305 e. The summed E-state index contributed by atoms with van der Waals surface area (Å²) in [5, 5.41) is 8.90. The highest BCUT2D eigenvalue weighted by atomic mass is 16.5. The van der Waals surface area contributed by atoms with E-state index in [0.717, 1.165) is 25.7 Å². The summed E-state index contributed by atoms with van der Waals surface area (Å²) in [6, 6.07) is 0. The molecule has 3 heteroatoms. The highest BCUT2D eigenvalue weighted by molar-refractivity contribution is 5.67. The molecule has 0 unspecified atom stereocenters. The number of ether oxygens (including phenoxy) is 1. The van der Waals surface area contributed by atoms with Crippen molar-refractivity contribution >= 4 is 5.97 Å². The smallest absolute Gasteiger partial charge is 0.305 e. The molecule has 0 spiro atoms. The third kappa shape index (κ3) is 15.6. The van der Waals surface area contributed by atoms with Crippen molar-refractivity contribution in [1.29, 1.82) is 0 Å². The third-order valence-electron chi connectivity index (χ3n) is 3.88. The number of carboxylic acid groups (broad SMARTS) is 1. The van der Waals surface area contributed by atoms with Crippen LogP contribution in [0.5, 0.6) is 0 Å². The van der Waals surface area contributed by atoms with Crippen LogP contribution in [0.15, 0.2) is 0 Å². The summed E-state index contributed by atoms with van der Waals surface area (Å²) < 4.78 is 5.68. The van der Waals surface area contributed by atoms with Crippen molar-refractivity contribution in [2.24, 2.45) is 0 Å². The molecular formula is C18H36O3. The van der Waals surface area contributed by atoms with Crippen molar-refractivity contribution in [2.45, 2.75) is 103 Å². The first-order valence-electron chi connectivity index (χ1n) is 9.04. The molecule has 21 heavy (non-hydrogen) atoms. The van der Waals surface area contributed by atoms with Crippen LogP contribution < -0.4 is 0 Å². The Labute approximate surface area is 131 Å². The van der Waals surface area contributed by atoms with Crippen LogP contribution in [0.4, 0.5) is 0 Å². The quantitative estimate of drug-likeness (QED) is 0.379. The fourth-order valence-electron chi connectivity index (χ4n) is 2.52. The number of carbonyl (C=O) groups is 1. The number of aliphatic carboxylic acids is 1. The highest BCUT2D eigenvalue weighted by Gasteiger charge is 2.13. The van der Waals surface area contributed by atoms with Gasteiger partial charge in [0.15, 0.2) is 0 Å². The van der Waals surface area contributed by atoms with Gasteiger partial charge in [0.2, 0.25) is 0 Å². The lowest BCUT2D eigenvalue weighted by Crippen LogP contribution is -2.18. The van der Waals surface area contributed by atoms with E-state index in [1.54, 1.807) is 0 Å². The van der Waals surface area contributed by atoms with Crippen LogP contribution in [-0.4, -0.2) is 23.8 Å². The molecule has 0 aliphatic carbocycles. The zero-order valence-corrected chi connectivity index (χ0v) is 14.2. The minimum atomic E-state index is -0.743. The molecule has 3 nitrogen and oxygen atoms in total. The second-order valence-corrected chi connectivity index (χ2v) is 6.06. The van der Waals surface area contributed by atoms with Crippen LogP contribution in [0.2, 0.25) is 0 Å². The predicted octanol–water partition coefficient (Wildman–Crippen LogP) is 5.57. The van der Waals surface area contributed by atoms with E-state index in [1.807, 2.05) is 0 Å². The Morgan fingerprint density at radius 3 is 1.90 bits per heavy atom. The SMILES string of the molecule is CCCCCCCCCCC[C@H](CC(=O)O)OCCCC. The van der Waals surface area contributed by atoms with E-state index < -0.39 is 5.97 Å². The first kappa shape index (κ1) is 20.4. The third-order valence-corrected chi connectivity index (χ3v) is 3.88. The summed E-state index contributed by atoms with van der Waals surface area (Å²) >= 11 is 0. The minimum Gasteiger partial charge on any atom is -0.481 e. The van der Waals surface area contributed by atoms with E-state index in [0.29, 0.717) is 6.61 Å². The van der Waals surface area contributed by atoms with E-state index in [1.165, 1.54) is 51.4 Å². The maximum absolute atomic E-state index is 10.8. The Morgan fingerprint density at radius 2 is 1.38 bits per heavy atom. The second kappa shape index (κ2) is 15.8. The largest absolute Gasteiger partial charge is 0.481 e. The molecule has 0 aliphatic heterocycles. The molecule has 0 aromatic heterocycles. The van der Waals surface area contributed by atoms with Crippen molar-refractivity contribution in [3.63, 3.8) is 0 Å². The van der Waals surface area contributed by atoms with Gasteiger partial charge in [0.25, 0.3) is 0 Å². The Balaban J connectivity index is 3.51. The lowest BCUT2D eigenvalue weighted by atomic mass is 10.0. The van der Waals surface area contributed by atoms with E-state index in [2.05, 4.69) is 13.8 Å². The molecule has 1 N–H and O–H groups in total. The average Bonchev–Trinajstić information content (AvgIpc) is 2.45. The van der Waals surface area contributed by atoms with Crippen molar-refractivity contribution in [3.05, 3.63) is 0 Å². The molecule has 0 aromatic carbocycles. The molecule has 0 fully saturated rings. The minimum absolute atomic E-state index is 0.0846. The summed E-state index contributed by atoms with van der Waals surface area (Å²) in [6.07, 6.45) is 14.8. The Hall–Kier alpha value is -0.570. The van der Waals surface area contributed by atoms with Gasteiger partial charge >= 0.3 is 5.97 Å². The molecule has 0 rings (SSSR count). The summed E-state index contributed by atoms with van der Waals surface area (Å²) in [5.74, 6) is -0.743. The zero-order valence-electron chi connectivity index (χ0n) is 14.2. The van der Waals surface area contributed by atoms with Gasteiger partial charge in [-0.2, -0.15) is 0 Å². The number of unbranched alkanes of at least 4 members (excludes halogenated alkanes) is 9. The molecule has 0 radical (unpaired) electrons. The van der Waals surface area contributed by atoms with E-state index in [-0.39, 0.29) is 12.5 Å². The average molecular weight is 300 g/mol. The molecule has 126 valence electrons. The van der Waals surface area contributed by atoms with Gasteiger partial charge in [0, 0.05) is 6.61 Å². The van der Waals surface area contributed by atoms with Crippen molar-refractivity contribution < 1.29 is 14.6 Å². The van der Waals surface area contributed by atoms with Crippen LogP contribution in [-0.2, 0) is 9.53 Å². The zero-order chi connectivity index (χ0) is 15.8. The van der Waals surface area contributed by atoms with Crippen molar-refractivity contribution in [1.82, 2.24) is 0 Å². The van der Waals surface area contributed by atoms with Gasteiger partial charge in [-0.05, 0) is 12.8 Å². The molecule has 0 saturated heterocycles. The van der Waals surface area contributed by atoms with Gasteiger partial charge in [-0.1, -0.05) is 78.1 Å². The summed E-state index contributed by atoms with van der Waals surface area (Å²) in [7, 11) is 0. The Morgan fingerprint density at radius 1 is 0.857 bits per heavy atom. The van der Waals surface area contributed by atoms with Crippen molar-refractivity contribution in [2.75, 3.05) is 6.61 Å². The van der Waals surface area contributed by atoms with Gasteiger partial charge in [-0.25, -0.2) is 0 Å². The van der Waals surface area contributed by atoms with E-state index in [9.17, 15) is 4.79 Å². The number of rotatable bonds is 16. The van der Waals surface area contributed by atoms with Crippen LogP contribution >= 0.6 is 0 Å². The molecule has 0 amide bonds. The Bertz CT molecular complexity index is 229. The maximum atomic E-state index is 10.8. The fourth-order valence-corrected chi connectivity index (χ4v) is 2.52. The molecular weight excluding hydrogens is 264 g/mol. The van der Waals surface area contributed by atoms with Gasteiger partial charge in [0.05, 0.1) is 12.5 Å². The van der Waals surface area contributed by atoms with E-state index in [4.69, 9.17) is 9.84 Å². The molecule has 0 aliphatic rings. The van der Waals surface area contributed by atoms with E-state index >= 15 is 0 Å². The highest BCUT2D eigenvalue weighted by Crippen LogP contribution is 2.14. The fraction of sp³-hybridized carbons (Fsp3) is 0.944. The lowest BCUT2D eigenvalue weighted by molar-refractivity contribution is -0.140. The van der Waals surface area contributed by atoms with Gasteiger partial charge in [0.1, 0.15) is 0 Å².